The van der Waals surface area contributed by atoms with E-state index in [2.05, 4.69) is 23.3 Å². The van der Waals surface area contributed by atoms with Gasteiger partial charge in [-0.25, -0.2) is 13.2 Å². The summed E-state index contributed by atoms with van der Waals surface area (Å²) in [6.45, 7) is 4.13. The third kappa shape index (κ3) is 3.73. The first-order valence-electron chi connectivity index (χ1n) is 7.12. The number of ether oxygens (including phenoxy) is 1. The minimum atomic E-state index is -3.77. The van der Waals surface area contributed by atoms with Crippen LogP contribution in [0.3, 0.4) is 0 Å². The topological polar surface area (TPSA) is 77.4 Å². The number of aryl methyl sites for hydroxylation is 1. The van der Waals surface area contributed by atoms with Gasteiger partial charge < -0.3 is 9.30 Å². The van der Waals surface area contributed by atoms with Crippen LogP contribution in [0.4, 0.5) is 5.69 Å². The molecule has 0 atom stereocenters. The van der Waals surface area contributed by atoms with Crippen LogP contribution in [0.1, 0.15) is 35.8 Å². The minimum Gasteiger partial charge on any atom is -0.464 e. The Bertz CT molecular complexity index is 805. The molecule has 1 N–H and O–H groups in total. The van der Waals surface area contributed by atoms with Crippen molar-refractivity contribution in [3.05, 3.63) is 47.8 Å². The van der Waals surface area contributed by atoms with Crippen LogP contribution in [0, 0.1) is 0 Å². The molecule has 0 unspecified atom stereocenters. The van der Waals surface area contributed by atoms with Crippen molar-refractivity contribution >= 4 is 21.7 Å². The van der Waals surface area contributed by atoms with Gasteiger partial charge in [0.1, 0.15) is 10.6 Å². The fourth-order valence-electron chi connectivity index (χ4n) is 2.14. The van der Waals surface area contributed by atoms with Crippen LogP contribution < -0.4 is 4.72 Å². The zero-order valence-electron chi connectivity index (χ0n) is 13.5. The second kappa shape index (κ2) is 6.45. The number of hydrogen-bond donors (Lipinski definition) is 1. The van der Waals surface area contributed by atoms with E-state index >= 15 is 0 Å². The van der Waals surface area contributed by atoms with Crippen molar-refractivity contribution in [2.75, 3.05) is 11.8 Å². The highest BCUT2D eigenvalue weighted by Crippen LogP contribution is 2.21. The molecule has 1 aromatic heterocycles. The number of benzene rings is 1. The van der Waals surface area contributed by atoms with Crippen molar-refractivity contribution in [1.29, 1.82) is 0 Å². The summed E-state index contributed by atoms with van der Waals surface area (Å²) in [5.74, 6) is -0.215. The third-order valence-corrected chi connectivity index (χ3v) is 4.86. The fraction of sp³-hybridized carbons (Fsp3) is 0.312. The van der Waals surface area contributed by atoms with Crippen LogP contribution in [0.5, 0.6) is 0 Å². The second-order valence-electron chi connectivity index (χ2n) is 5.55. The number of hydrogen-bond acceptors (Lipinski definition) is 4. The molecule has 6 nitrogen and oxygen atoms in total. The molecule has 0 radical (unpaired) electrons. The number of aromatic nitrogens is 1. The molecule has 1 aromatic carbocycles. The lowest BCUT2D eigenvalue weighted by Gasteiger charge is -2.09. The predicted octanol–water partition coefficient (Wildman–Crippen LogP) is 2.74. The van der Waals surface area contributed by atoms with E-state index < -0.39 is 16.0 Å². The molecule has 0 saturated carbocycles. The molecule has 2 rings (SSSR count). The first kappa shape index (κ1) is 17.1. The highest BCUT2D eigenvalue weighted by molar-refractivity contribution is 7.92. The molecular formula is C16H20N2O4S. The summed E-state index contributed by atoms with van der Waals surface area (Å²) in [7, 11) is -0.934. The number of rotatable bonds is 5. The summed E-state index contributed by atoms with van der Waals surface area (Å²) in [5.41, 5.74) is 1.77. The molecule has 0 amide bonds. The molecule has 0 aliphatic rings. The summed E-state index contributed by atoms with van der Waals surface area (Å²) in [6.07, 6.45) is 1.37. The zero-order chi connectivity index (χ0) is 17.2. The van der Waals surface area contributed by atoms with Gasteiger partial charge in [0.2, 0.25) is 0 Å². The Morgan fingerprint density at radius 1 is 1.22 bits per heavy atom. The third-order valence-electron chi connectivity index (χ3n) is 3.51. The molecule has 0 bridgehead atoms. The van der Waals surface area contributed by atoms with E-state index in [0.29, 0.717) is 11.6 Å². The molecule has 7 heteroatoms. The number of nitrogens with one attached hydrogen (secondary N) is 1. The first-order chi connectivity index (χ1) is 10.7. The quantitative estimate of drug-likeness (QED) is 0.852. The van der Waals surface area contributed by atoms with Gasteiger partial charge in [0.15, 0.2) is 0 Å². The van der Waals surface area contributed by atoms with E-state index in [1.54, 1.807) is 19.2 Å². The summed E-state index contributed by atoms with van der Waals surface area (Å²) in [4.78, 5) is 11.6. The van der Waals surface area contributed by atoms with Crippen LogP contribution in [0.2, 0.25) is 0 Å². The average molecular weight is 336 g/mol. The van der Waals surface area contributed by atoms with Gasteiger partial charge in [-0.3, -0.25) is 4.72 Å². The molecule has 0 fully saturated rings. The highest BCUT2D eigenvalue weighted by atomic mass is 32.2. The van der Waals surface area contributed by atoms with Crippen LogP contribution in [0.25, 0.3) is 0 Å². The van der Waals surface area contributed by atoms with E-state index in [9.17, 15) is 13.2 Å². The monoisotopic (exact) mass is 336 g/mol. The van der Waals surface area contributed by atoms with Crippen molar-refractivity contribution in [2.24, 2.45) is 7.05 Å². The molecule has 0 aliphatic heterocycles. The number of carbonyl (C=O) groups is 1. The highest BCUT2D eigenvalue weighted by Gasteiger charge is 2.21. The van der Waals surface area contributed by atoms with Gasteiger partial charge in [-0.15, -0.1) is 0 Å². The Kier molecular flexibility index (Phi) is 4.79. The van der Waals surface area contributed by atoms with Crippen LogP contribution in [-0.4, -0.2) is 26.1 Å². The molecule has 1 heterocycles. The Morgan fingerprint density at radius 2 is 1.83 bits per heavy atom. The summed E-state index contributed by atoms with van der Waals surface area (Å²) >= 11 is 0. The van der Waals surface area contributed by atoms with Crippen molar-refractivity contribution in [2.45, 2.75) is 24.7 Å². The average Bonchev–Trinajstić information content (AvgIpc) is 2.89. The van der Waals surface area contributed by atoms with Gasteiger partial charge in [0.25, 0.3) is 10.0 Å². The Morgan fingerprint density at radius 3 is 2.35 bits per heavy atom. The number of anilines is 1. The van der Waals surface area contributed by atoms with Crippen molar-refractivity contribution < 1.29 is 17.9 Å². The number of methoxy groups -OCH3 is 1. The van der Waals surface area contributed by atoms with Gasteiger partial charge in [0, 0.05) is 18.9 Å². The van der Waals surface area contributed by atoms with E-state index in [1.165, 1.54) is 23.9 Å². The number of esters is 1. The van der Waals surface area contributed by atoms with Gasteiger partial charge in [0.05, 0.1) is 7.11 Å². The van der Waals surface area contributed by atoms with Crippen LogP contribution in [-0.2, 0) is 21.8 Å². The maximum absolute atomic E-state index is 12.4. The smallest absolute Gasteiger partial charge is 0.354 e. The minimum absolute atomic E-state index is 0.00772. The number of carbonyl (C=O) groups excluding carboxylic acids is 1. The predicted molar refractivity (Wildman–Crippen MR) is 88.1 cm³/mol. The summed E-state index contributed by atoms with van der Waals surface area (Å²) in [6, 6.07) is 8.49. The lowest BCUT2D eigenvalue weighted by Crippen LogP contribution is -2.12. The first-order valence-corrected chi connectivity index (χ1v) is 8.60. The van der Waals surface area contributed by atoms with Gasteiger partial charge in [-0.05, 0) is 29.7 Å². The molecule has 124 valence electrons. The molecule has 0 aliphatic carbocycles. The molecular weight excluding hydrogens is 316 g/mol. The van der Waals surface area contributed by atoms with Crippen molar-refractivity contribution in [3.63, 3.8) is 0 Å². The largest absolute Gasteiger partial charge is 0.464 e. The van der Waals surface area contributed by atoms with E-state index in [0.717, 1.165) is 5.56 Å². The van der Waals surface area contributed by atoms with Gasteiger partial charge in [-0.1, -0.05) is 26.0 Å². The Hall–Kier alpha value is -2.28. The standard InChI is InChI=1S/C16H20N2O4S/c1-11(2)12-5-7-13(8-6-12)17-23(20,21)14-9-15(16(19)22-4)18(3)10-14/h5-11,17H,1-4H3. The number of sulfonamides is 1. The lowest BCUT2D eigenvalue weighted by molar-refractivity contribution is 0.0590. The van der Waals surface area contributed by atoms with Crippen molar-refractivity contribution in [1.82, 2.24) is 4.57 Å². The second-order valence-corrected chi connectivity index (χ2v) is 7.23. The van der Waals surface area contributed by atoms with Crippen LogP contribution in [0.15, 0.2) is 41.4 Å². The maximum atomic E-state index is 12.4. The van der Waals surface area contributed by atoms with E-state index in [4.69, 9.17) is 0 Å². The summed E-state index contributed by atoms with van der Waals surface area (Å²) in [5, 5.41) is 0. The summed E-state index contributed by atoms with van der Waals surface area (Å²) < 4.78 is 33.4. The van der Waals surface area contributed by atoms with Crippen LogP contribution >= 0.6 is 0 Å². The van der Waals surface area contributed by atoms with Gasteiger partial charge in [-0.2, -0.15) is 0 Å². The molecule has 23 heavy (non-hydrogen) atoms. The molecule has 0 saturated heterocycles. The zero-order valence-corrected chi connectivity index (χ0v) is 14.3. The Labute approximate surface area is 136 Å². The SMILES string of the molecule is COC(=O)c1cc(S(=O)(=O)Nc2ccc(C(C)C)cc2)cn1C. The lowest BCUT2D eigenvalue weighted by atomic mass is 10.0. The molecule has 0 spiro atoms. The van der Waals surface area contributed by atoms with E-state index in [-0.39, 0.29) is 10.6 Å². The normalized spacial score (nSPS) is 11.5. The molecule has 2 aromatic rings. The van der Waals surface area contributed by atoms with E-state index in [1.807, 2.05) is 12.1 Å². The van der Waals surface area contributed by atoms with Gasteiger partial charge >= 0.3 is 5.97 Å². The number of nitrogens with zero attached hydrogens (tertiary/aromatic N) is 1. The maximum Gasteiger partial charge on any atom is 0.354 e. The fourth-order valence-corrected chi connectivity index (χ4v) is 3.27. The van der Waals surface area contributed by atoms with Crippen molar-refractivity contribution in [3.8, 4) is 0 Å². The Balaban J connectivity index is 2.27.